The van der Waals surface area contributed by atoms with Crippen LogP contribution in [0.15, 0.2) is 40.9 Å². The molecule has 0 radical (unpaired) electrons. The Hall–Kier alpha value is -1.22. The molecular weight excluding hydrogens is 368 g/mol. The van der Waals surface area contributed by atoms with E-state index in [1.54, 1.807) is 12.1 Å². The van der Waals surface area contributed by atoms with Crippen LogP contribution in [0.1, 0.15) is 0 Å². The number of aliphatic hydroxyl groups excluding tert-OH is 4. The van der Waals surface area contributed by atoms with Crippen LogP contribution in [0.4, 0.5) is 0 Å². The van der Waals surface area contributed by atoms with Gasteiger partial charge in [0.1, 0.15) is 30.2 Å². The van der Waals surface area contributed by atoms with E-state index in [1.807, 2.05) is 24.3 Å². The Labute approximate surface area is 141 Å². The molecule has 1 saturated heterocycles. The maximum atomic E-state index is 9.98. The lowest BCUT2D eigenvalue weighted by Crippen LogP contribution is -2.60. The van der Waals surface area contributed by atoms with Crippen LogP contribution < -0.4 is 4.74 Å². The fourth-order valence-corrected chi connectivity index (χ4v) is 2.95. The normalized spacial score (nSPS) is 31.3. The molecule has 2 aromatic rings. The Kier molecular flexibility index (Phi) is 4.86. The van der Waals surface area contributed by atoms with Crippen LogP contribution in [-0.4, -0.2) is 57.7 Å². The number of rotatable bonds is 3. The van der Waals surface area contributed by atoms with Crippen molar-refractivity contribution < 1.29 is 29.9 Å². The topological polar surface area (TPSA) is 99.4 Å². The second-order valence-corrected chi connectivity index (χ2v) is 6.38. The number of ether oxygens (including phenoxy) is 2. The smallest absolute Gasteiger partial charge is 0.229 e. The van der Waals surface area contributed by atoms with Crippen molar-refractivity contribution in [3.05, 3.63) is 40.9 Å². The van der Waals surface area contributed by atoms with Crippen molar-refractivity contribution in [2.24, 2.45) is 0 Å². The molecule has 3 rings (SSSR count). The molecule has 6 nitrogen and oxygen atoms in total. The van der Waals surface area contributed by atoms with Gasteiger partial charge in [0.15, 0.2) is 0 Å². The number of halogens is 1. The van der Waals surface area contributed by atoms with Crippen molar-refractivity contribution >= 4 is 26.7 Å². The fraction of sp³-hybridized carbons (Fsp3) is 0.375. The van der Waals surface area contributed by atoms with Crippen LogP contribution in [0, 0.1) is 0 Å². The lowest BCUT2D eigenvalue weighted by atomic mass is 9.99. The van der Waals surface area contributed by atoms with E-state index in [-0.39, 0.29) is 0 Å². The van der Waals surface area contributed by atoms with E-state index in [1.165, 1.54) is 0 Å². The molecule has 124 valence electrons. The van der Waals surface area contributed by atoms with Gasteiger partial charge < -0.3 is 29.9 Å². The maximum Gasteiger partial charge on any atom is 0.229 e. The molecule has 0 aromatic heterocycles. The molecule has 0 bridgehead atoms. The molecule has 2 aromatic carbocycles. The molecule has 0 amide bonds. The zero-order chi connectivity index (χ0) is 16.6. The highest BCUT2D eigenvalue weighted by Gasteiger charge is 2.44. The molecule has 5 atom stereocenters. The first-order valence-corrected chi connectivity index (χ1v) is 7.95. The van der Waals surface area contributed by atoms with E-state index in [0.29, 0.717) is 5.75 Å². The number of hydrogen-bond acceptors (Lipinski definition) is 6. The van der Waals surface area contributed by atoms with Gasteiger partial charge in [-0.05, 0) is 35.0 Å². The largest absolute Gasteiger partial charge is 0.462 e. The Balaban J connectivity index is 1.81. The van der Waals surface area contributed by atoms with Gasteiger partial charge >= 0.3 is 0 Å². The van der Waals surface area contributed by atoms with Crippen molar-refractivity contribution in [3.8, 4) is 5.75 Å². The lowest BCUT2D eigenvalue weighted by molar-refractivity contribution is -0.277. The predicted molar refractivity (Wildman–Crippen MR) is 86.0 cm³/mol. The highest BCUT2D eigenvalue weighted by Crippen LogP contribution is 2.28. The summed E-state index contributed by atoms with van der Waals surface area (Å²) < 4.78 is 11.9. The van der Waals surface area contributed by atoms with Gasteiger partial charge in [-0.25, -0.2) is 0 Å². The summed E-state index contributed by atoms with van der Waals surface area (Å²) >= 11 is 3.41. The van der Waals surface area contributed by atoms with Crippen molar-refractivity contribution in [2.75, 3.05) is 6.61 Å². The molecule has 1 fully saturated rings. The molecule has 1 heterocycles. The van der Waals surface area contributed by atoms with E-state index in [2.05, 4.69) is 15.9 Å². The quantitative estimate of drug-likeness (QED) is 0.624. The molecule has 0 unspecified atom stereocenters. The summed E-state index contributed by atoms with van der Waals surface area (Å²) in [7, 11) is 0. The van der Waals surface area contributed by atoms with Gasteiger partial charge in [0.05, 0.1) is 6.61 Å². The summed E-state index contributed by atoms with van der Waals surface area (Å²) in [5, 5.41) is 40.6. The number of hydrogen-bond donors (Lipinski definition) is 4. The van der Waals surface area contributed by atoms with Gasteiger partial charge in [0.2, 0.25) is 6.29 Å². The van der Waals surface area contributed by atoms with Crippen molar-refractivity contribution in [3.63, 3.8) is 0 Å². The Morgan fingerprint density at radius 3 is 2.39 bits per heavy atom. The van der Waals surface area contributed by atoms with E-state index in [9.17, 15) is 20.4 Å². The minimum absolute atomic E-state index is 0.448. The van der Waals surface area contributed by atoms with Crippen LogP contribution in [0.5, 0.6) is 5.75 Å². The van der Waals surface area contributed by atoms with Crippen LogP contribution in [0.25, 0.3) is 10.8 Å². The van der Waals surface area contributed by atoms with Crippen molar-refractivity contribution in [1.29, 1.82) is 0 Å². The minimum Gasteiger partial charge on any atom is -0.462 e. The highest BCUT2D eigenvalue weighted by atomic mass is 79.9. The molecular formula is C16H17BrO6. The molecule has 0 aliphatic carbocycles. The van der Waals surface area contributed by atoms with Gasteiger partial charge in [-0.15, -0.1) is 0 Å². The molecule has 7 heteroatoms. The van der Waals surface area contributed by atoms with E-state index in [4.69, 9.17) is 9.47 Å². The highest BCUT2D eigenvalue weighted by molar-refractivity contribution is 9.10. The zero-order valence-electron chi connectivity index (χ0n) is 12.0. The number of benzene rings is 2. The monoisotopic (exact) mass is 384 g/mol. The SMILES string of the molecule is OC[C@H]1O[C@H](Oc2ccc3cc(Br)ccc3c2)[C@@H](O)[C@@H](O)[C@H]1O. The second kappa shape index (κ2) is 6.72. The van der Waals surface area contributed by atoms with Crippen molar-refractivity contribution in [1.82, 2.24) is 0 Å². The second-order valence-electron chi connectivity index (χ2n) is 5.47. The summed E-state index contributed by atoms with van der Waals surface area (Å²) in [6, 6.07) is 11.1. The average Bonchev–Trinajstić information content (AvgIpc) is 2.55. The summed E-state index contributed by atoms with van der Waals surface area (Å²) in [6.07, 6.45) is -6.45. The van der Waals surface area contributed by atoms with Crippen LogP contribution >= 0.6 is 15.9 Å². The zero-order valence-corrected chi connectivity index (χ0v) is 13.6. The van der Waals surface area contributed by atoms with E-state index >= 15 is 0 Å². The van der Waals surface area contributed by atoms with Gasteiger partial charge in [-0.1, -0.05) is 28.1 Å². The first-order valence-electron chi connectivity index (χ1n) is 7.16. The first kappa shape index (κ1) is 16.6. The number of aliphatic hydroxyl groups is 4. The maximum absolute atomic E-state index is 9.98. The molecule has 4 N–H and O–H groups in total. The predicted octanol–water partition coefficient (Wildman–Crippen LogP) is 0.781. The third kappa shape index (κ3) is 3.35. The summed E-state index contributed by atoms with van der Waals surface area (Å²) in [6.45, 7) is -0.490. The summed E-state index contributed by atoms with van der Waals surface area (Å²) in [5.41, 5.74) is 0. The average molecular weight is 385 g/mol. The van der Waals surface area contributed by atoms with Crippen LogP contribution in [0.3, 0.4) is 0 Å². The molecule has 0 saturated carbocycles. The van der Waals surface area contributed by atoms with Gasteiger partial charge in [0, 0.05) is 4.47 Å². The standard InChI is InChI=1S/C16H17BrO6/c17-10-3-1-9-6-11(4-2-8(9)5-10)22-16-15(21)14(20)13(19)12(7-18)23-16/h1-6,12-16,18-21H,7H2/t12-,13+,14+,15+,16+/m1/s1. The Bertz CT molecular complexity index is 691. The molecule has 1 aliphatic rings. The lowest BCUT2D eigenvalue weighted by Gasteiger charge is -2.39. The van der Waals surface area contributed by atoms with Gasteiger partial charge in [-0.3, -0.25) is 0 Å². The van der Waals surface area contributed by atoms with Gasteiger partial charge in [-0.2, -0.15) is 0 Å². The van der Waals surface area contributed by atoms with Gasteiger partial charge in [0.25, 0.3) is 0 Å². The molecule has 0 spiro atoms. The Morgan fingerprint density at radius 2 is 1.65 bits per heavy atom. The number of fused-ring (bicyclic) bond motifs is 1. The summed E-state index contributed by atoms with van der Waals surface area (Å²) in [4.78, 5) is 0. The first-order chi connectivity index (χ1) is 11.0. The summed E-state index contributed by atoms with van der Waals surface area (Å²) in [5.74, 6) is 0.448. The third-order valence-electron chi connectivity index (χ3n) is 3.87. The third-order valence-corrected chi connectivity index (χ3v) is 4.37. The Morgan fingerprint density at radius 1 is 0.957 bits per heavy atom. The fourth-order valence-electron chi connectivity index (χ4n) is 2.57. The van der Waals surface area contributed by atoms with Crippen molar-refractivity contribution in [2.45, 2.75) is 30.7 Å². The van der Waals surface area contributed by atoms with E-state index in [0.717, 1.165) is 15.2 Å². The van der Waals surface area contributed by atoms with Crippen LogP contribution in [-0.2, 0) is 4.74 Å². The van der Waals surface area contributed by atoms with E-state index < -0.39 is 37.3 Å². The van der Waals surface area contributed by atoms with Crippen LogP contribution in [0.2, 0.25) is 0 Å². The molecule has 1 aliphatic heterocycles. The minimum atomic E-state index is -1.46. The molecule has 23 heavy (non-hydrogen) atoms.